The lowest BCUT2D eigenvalue weighted by Gasteiger charge is -2.12. The molecule has 0 bridgehead atoms. The van der Waals surface area contributed by atoms with Gasteiger partial charge < -0.3 is 19.8 Å². The lowest BCUT2D eigenvalue weighted by Crippen LogP contribution is -2.27. The van der Waals surface area contributed by atoms with Gasteiger partial charge in [-0.3, -0.25) is 9.59 Å². The number of ether oxygens (including phenoxy) is 1. The minimum Gasteiger partial charge on any atom is -0.489 e. The molecule has 0 saturated carbocycles. The second-order valence-corrected chi connectivity index (χ2v) is 5.79. The number of anilines is 1. The van der Waals surface area contributed by atoms with Crippen molar-refractivity contribution < 1.29 is 18.7 Å². The molecule has 7 heteroatoms. The number of nitrogens with one attached hydrogen (secondary N) is 2. The maximum Gasteiger partial charge on any atom is 0.254 e. The Morgan fingerprint density at radius 2 is 2.08 bits per heavy atom. The molecule has 0 aliphatic rings. The van der Waals surface area contributed by atoms with Gasteiger partial charge in [0.2, 0.25) is 5.91 Å². The summed E-state index contributed by atoms with van der Waals surface area (Å²) >= 11 is 6.12. The summed E-state index contributed by atoms with van der Waals surface area (Å²) in [5.74, 6) is 0.0583. The average Bonchev–Trinajstić information content (AvgIpc) is 3.04. The molecule has 24 heavy (non-hydrogen) atoms. The smallest absolute Gasteiger partial charge is 0.254 e. The first-order chi connectivity index (χ1) is 11.5. The van der Waals surface area contributed by atoms with E-state index in [1.807, 2.05) is 13.8 Å². The molecule has 0 spiro atoms. The van der Waals surface area contributed by atoms with Crippen molar-refractivity contribution in [1.82, 2.24) is 5.32 Å². The quantitative estimate of drug-likeness (QED) is 0.801. The zero-order valence-electron chi connectivity index (χ0n) is 13.5. The first-order valence-electron chi connectivity index (χ1n) is 7.52. The molecule has 0 aliphatic carbocycles. The molecule has 6 nitrogen and oxygen atoms in total. The van der Waals surface area contributed by atoms with Gasteiger partial charge in [-0.15, -0.1) is 0 Å². The van der Waals surface area contributed by atoms with E-state index < -0.39 is 0 Å². The highest BCUT2D eigenvalue weighted by molar-refractivity contribution is 6.32. The second kappa shape index (κ2) is 8.40. The molecule has 2 aromatic rings. The average molecular weight is 351 g/mol. The van der Waals surface area contributed by atoms with Crippen molar-refractivity contribution in [2.24, 2.45) is 0 Å². The van der Waals surface area contributed by atoms with Crippen LogP contribution in [0.2, 0.25) is 5.02 Å². The molecule has 0 atom stereocenters. The lowest BCUT2D eigenvalue weighted by molar-refractivity contribution is -0.116. The van der Waals surface area contributed by atoms with Gasteiger partial charge in [-0.1, -0.05) is 11.6 Å². The molecule has 0 unspecified atom stereocenters. The minimum atomic E-state index is -0.283. The zero-order valence-corrected chi connectivity index (χ0v) is 14.2. The van der Waals surface area contributed by atoms with E-state index in [0.29, 0.717) is 22.0 Å². The van der Waals surface area contributed by atoms with E-state index in [1.165, 1.54) is 12.5 Å². The fraction of sp³-hybridized carbons (Fsp3) is 0.294. The summed E-state index contributed by atoms with van der Waals surface area (Å²) in [5.41, 5.74) is 0.991. The van der Waals surface area contributed by atoms with Gasteiger partial charge in [0.15, 0.2) is 0 Å². The SMILES string of the molecule is CC(C)Oc1ccc(NC(=O)CCNC(=O)c2ccoc2)cc1Cl. The van der Waals surface area contributed by atoms with Crippen molar-refractivity contribution in [3.63, 3.8) is 0 Å². The Labute approximate surface area is 145 Å². The first kappa shape index (κ1) is 17.9. The summed E-state index contributed by atoms with van der Waals surface area (Å²) in [6.07, 6.45) is 2.92. The molecule has 0 radical (unpaired) electrons. The first-order valence-corrected chi connectivity index (χ1v) is 7.90. The van der Waals surface area contributed by atoms with Crippen LogP contribution in [0.4, 0.5) is 5.69 Å². The topological polar surface area (TPSA) is 80.6 Å². The van der Waals surface area contributed by atoms with Crippen LogP contribution in [0.5, 0.6) is 5.75 Å². The van der Waals surface area contributed by atoms with Gasteiger partial charge in [-0.05, 0) is 38.1 Å². The van der Waals surface area contributed by atoms with Crippen LogP contribution in [0.3, 0.4) is 0 Å². The fourth-order valence-corrected chi connectivity index (χ4v) is 2.16. The number of carbonyl (C=O) groups is 2. The molecule has 0 aliphatic heterocycles. The van der Waals surface area contributed by atoms with Gasteiger partial charge >= 0.3 is 0 Å². The van der Waals surface area contributed by atoms with E-state index in [1.54, 1.807) is 24.3 Å². The standard InChI is InChI=1S/C17H19ClN2O4/c1-11(2)24-15-4-3-13(9-14(15)18)20-16(21)5-7-19-17(22)12-6-8-23-10-12/h3-4,6,8-11H,5,7H2,1-2H3,(H,19,22)(H,20,21). The van der Waals surface area contributed by atoms with Crippen molar-refractivity contribution in [3.05, 3.63) is 47.4 Å². The number of hydrogen-bond donors (Lipinski definition) is 2. The number of carbonyl (C=O) groups excluding carboxylic acids is 2. The molecule has 2 rings (SSSR count). The number of benzene rings is 1. The van der Waals surface area contributed by atoms with Crippen LogP contribution in [0.1, 0.15) is 30.6 Å². The van der Waals surface area contributed by atoms with Gasteiger partial charge in [-0.2, -0.15) is 0 Å². The highest BCUT2D eigenvalue weighted by atomic mass is 35.5. The summed E-state index contributed by atoms with van der Waals surface area (Å²) in [4.78, 5) is 23.6. The van der Waals surface area contributed by atoms with Crippen LogP contribution >= 0.6 is 11.6 Å². The molecule has 2 amide bonds. The van der Waals surface area contributed by atoms with Crippen LogP contribution in [0, 0.1) is 0 Å². The maximum absolute atomic E-state index is 11.9. The van der Waals surface area contributed by atoms with Crippen molar-refractivity contribution >= 4 is 29.1 Å². The molecule has 1 aromatic heterocycles. The second-order valence-electron chi connectivity index (χ2n) is 5.38. The van der Waals surface area contributed by atoms with Gasteiger partial charge in [0, 0.05) is 18.7 Å². The zero-order chi connectivity index (χ0) is 17.5. The normalized spacial score (nSPS) is 10.5. The van der Waals surface area contributed by atoms with Crippen molar-refractivity contribution in [3.8, 4) is 5.75 Å². The van der Waals surface area contributed by atoms with Crippen LogP contribution in [0.15, 0.2) is 41.2 Å². The van der Waals surface area contributed by atoms with Crippen LogP contribution in [0.25, 0.3) is 0 Å². The Bertz CT molecular complexity index is 699. The number of halogens is 1. The Hall–Kier alpha value is -2.47. The summed E-state index contributed by atoms with van der Waals surface area (Å²) in [5, 5.41) is 5.79. The predicted octanol–water partition coefficient (Wildman–Crippen LogP) is 3.48. The van der Waals surface area contributed by atoms with Gasteiger partial charge in [0.25, 0.3) is 5.91 Å². The van der Waals surface area contributed by atoms with E-state index in [-0.39, 0.29) is 30.9 Å². The number of hydrogen-bond acceptors (Lipinski definition) is 4. The molecule has 1 aromatic carbocycles. The molecule has 0 saturated heterocycles. The van der Waals surface area contributed by atoms with Gasteiger partial charge in [0.05, 0.1) is 23.0 Å². The van der Waals surface area contributed by atoms with E-state index in [0.717, 1.165) is 0 Å². The minimum absolute atomic E-state index is 0.0155. The molecule has 0 fully saturated rings. The van der Waals surface area contributed by atoms with E-state index in [9.17, 15) is 9.59 Å². The van der Waals surface area contributed by atoms with Crippen molar-refractivity contribution in [1.29, 1.82) is 0 Å². The molecular formula is C17H19ClN2O4. The monoisotopic (exact) mass is 350 g/mol. The third kappa shape index (κ3) is 5.31. The third-order valence-electron chi connectivity index (χ3n) is 3.00. The third-order valence-corrected chi connectivity index (χ3v) is 3.29. The number of furan rings is 1. The van der Waals surface area contributed by atoms with Gasteiger partial charge in [0.1, 0.15) is 12.0 Å². The van der Waals surface area contributed by atoms with Crippen LogP contribution in [-0.4, -0.2) is 24.5 Å². The summed E-state index contributed by atoms with van der Waals surface area (Å²) in [7, 11) is 0. The Balaban J connectivity index is 1.80. The Morgan fingerprint density at radius 3 is 2.71 bits per heavy atom. The largest absolute Gasteiger partial charge is 0.489 e. The summed E-state index contributed by atoms with van der Waals surface area (Å²) in [6.45, 7) is 4.03. The number of rotatable bonds is 7. The van der Waals surface area contributed by atoms with Crippen molar-refractivity contribution in [2.45, 2.75) is 26.4 Å². The van der Waals surface area contributed by atoms with Crippen LogP contribution in [-0.2, 0) is 4.79 Å². The van der Waals surface area contributed by atoms with Gasteiger partial charge in [-0.25, -0.2) is 0 Å². The predicted molar refractivity (Wildman–Crippen MR) is 91.5 cm³/mol. The van der Waals surface area contributed by atoms with Crippen molar-refractivity contribution in [2.75, 3.05) is 11.9 Å². The molecule has 2 N–H and O–H groups in total. The fourth-order valence-electron chi connectivity index (χ4n) is 1.94. The Kier molecular flexibility index (Phi) is 6.26. The van der Waals surface area contributed by atoms with E-state index >= 15 is 0 Å². The summed E-state index contributed by atoms with van der Waals surface area (Å²) < 4.78 is 10.4. The Morgan fingerprint density at radius 1 is 1.29 bits per heavy atom. The highest BCUT2D eigenvalue weighted by Gasteiger charge is 2.09. The lowest BCUT2D eigenvalue weighted by atomic mass is 10.2. The molecular weight excluding hydrogens is 332 g/mol. The highest BCUT2D eigenvalue weighted by Crippen LogP contribution is 2.28. The molecule has 128 valence electrons. The van der Waals surface area contributed by atoms with Crippen LogP contribution < -0.4 is 15.4 Å². The molecule has 1 heterocycles. The van der Waals surface area contributed by atoms with E-state index in [4.69, 9.17) is 20.8 Å². The number of amides is 2. The summed E-state index contributed by atoms with van der Waals surface area (Å²) in [6, 6.07) is 6.60. The van der Waals surface area contributed by atoms with E-state index in [2.05, 4.69) is 10.6 Å². The maximum atomic E-state index is 11.9.